The van der Waals surface area contributed by atoms with E-state index in [1.54, 1.807) is 19.2 Å². The Morgan fingerprint density at radius 2 is 2.06 bits per heavy atom. The van der Waals surface area contributed by atoms with Gasteiger partial charge >= 0.3 is 0 Å². The van der Waals surface area contributed by atoms with Gasteiger partial charge in [0.1, 0.15) is 5.69 Å². The normalized spacial score (nSPS) is 10.6. The molecule has 6 heteroatoms. The Morgan fingerprint density at radius 1 is 1.39 bits per heavy atom. The van der Waals surface area contributed by atoms with Crippen molar-refractivity contribution >= 4 is 21.7 Å². The lowest BCUT2D eigenvalue weighted by Crippen LogP contribution is -2.09. The quantitative estimate of drug-likeness (QED) is 0.864. The third-order valence-corrected chi connectivity index (χ3v) is 3.18. The lowest BCUT2D eigenvalue weighted by atomic mass is 10.0. The maximum absolute atomic E-state index is 12.3. The van der Waals surface area contributed by atoms with Crippen molar-refractivity contribution in [2.75, 3.05) is 6.54 Å². The molecule has 0 bridgehead atoms. The van der Waals surface area contributed by atoms with E-state index in [9.17, 15) is 4.79 Å². The third kappa shape index (κ3) is 2.49. The van der Waals surface area contributed by atoms with Gasteiger partial charge in [-0.2, -0.15) is 0 Å². The molecule has 0 spiro atoms. The minimum absolute atomic E-state index is 0.103. The number of aryl methyl sites for hydroxylation is 1. The predicted octanol–water partition coefficient (Wildman–Crippen LogP) is 1.31. The van der Waals surface area contributed by atoms with Gasteiger partial charge in [0.05, 0.1) is 0 Å². The molecule has 94 valence electrons. The number of carbonyl (C=O) groups is 1. The summed E-state index contributed by atoms with van der Waals surface area (Å²) in [5, 5.41) is 7.59. The highest BCUT2D eigenvalue weighted by Crippen LogP contribution is 2.17. The molecule has 1 aromatic heterocycles. The maximum atomic E-state index is 12.3. The van der Waals surface area contributed by atoms with Crippen LogP contribution in [0.2, 0.25) is 0 Å². The van der Waals surface area contributed by atoms with E-state index < -0.39 is 0 Å². The second-order valence-electron chi connectivity index (χ2n) is 3.92. The molecule has 1 aromatic carbocycles. The molecule has 5 nitrogen and oxygen atoms in total. The monoisotopic (exact) mass is 308 g/mol. The Morgan fingerprint density at radius 3 is 2.56 bits per heavy atom. The standard InChI is InChI=1S/C12H13BrN4O/c1-17-10(12(13)15-16-17)11(18)9-4-2-8(3-5-9)6-7-14/h2-5H,6-7,14H2,1H3. The van der Waals surface area contributed by atoms with Crippen molar-refractivity contribution in [3.63, 3.8) is 0 Å². The average molecular weight is 309 g/mol. The number of halogens is 1. The van der Waals surface area contributed by atoms with Crippen molar-refractivity contribution in [1.82, 2.24) is 15.0 Å². The Hall–Kier alpha value is -1.53. The SMILES string of the molecule is Cn1nnc(Br)c1C(=O)c1ccc(CCN)cc1. The largest absolute Gasteiger partial charge is 0.330 e. The van der Waals surface area contributed by atoms with Crippen molar-refractivity contribution in [2.24, 2.45) is 12.8 Å². The maximum Gasteiger partial charge on any atom is 0.213 e. The van der Waals surface area contributed by atoms with E-state index in [-0.39, 0.29) is 5.78 Å². The molecule has 2 aromatic rings. The number of benzene rings is 1. The molecule has 0 aliphatic heterocycles. The molecule has 0 amide bonds. The van der Waals surface area contributed by atoms with Gasteiger partial charge in [-0.05, 0) is 34.5 Å². The van der Waals surface area contributed by atoms with Crippen LogP contribution in [0, 0.1) is 0 Å². The summed E-state index contributed by atoms with van der Waals surface area (Å²) in [6.45, 7) is 0.602. The van der Waals surface area contributed by atoms with E-state index in [1.165, 1.54) is 4.68 Å². The summed E-state index contributed by atoms with van der Waals surface area (Å²) < 4.78 is 1.92. The lowest BCUT2D eigenvalue weighted by Gasteiger charge is -2.03. The topological polar surface area (TPSA) is 73.8 Å². The van der Waals surface area contributed by atoms with Crippen LogP contribution in [0.15, 0.2) is 28.9 Å². The van der Waals surface area contributed by atoms with Crippen LogP contribution in [-0.4, -0.2) is 27.3 Å². The van der Waals surface area contributed by atoms with E-state index >= 15 is 0 Å². The van der Waals surface area contributed by atoms with Crippen molar-refractivity contribution in [1.29, 1.82) is 0 Å². The summed E-state index contributed by atoms with van der Waals surface area (Å²) in [4.78, 5) is 12.3. The van der Waals surface area contributed by atoms with Gasteiger partial charge in [0.15, 0.2) is 4.60 Å². The van der Waals surface area contributed by atoms with E-state index in [1.807, 2.05) is 12.1 Å². The first-order valence-electron chi connectivity index (χ1n) is 5.52. The second-order valence-corrected chi connectivity index (χ2v) is 4.67. The number of aromatic nitrogens is 3. The fourth-order valence-electron chi connectivity index (χ4n) is 1.70. The predicted molar refractivity (Wildman–Crippen MR) is 71.3 cm³/mol. The number of carbonyl (C=O) groups excluding carboxylic acids is 1. The number of hydrogen-bond acceptors (Lipinski definition) is 4. The molecule has 0 saturated heterocycles. The van der Waals surface area contributed by atoms with Crippen LogP contribution in [0.4, 0.5) is 0 Å². The van der Waals surface area contributed by atoms with Gasteiger partial charge in [0, 0.05) is 12.6 Å². The molecule has 0 unspecified atom stereocenters. The molecular weight excluding hydrogens is 296 g/mol. The molecular formula is C12H13BrN4O. The lowest BCUT2D eigenvalue weighted by molar-refractivity contribution is 0.102. The Kier molecular flexibility index (Phi) is 3.88. The van der Waals surface area contributed by atoms with Crippen LogP contribution in [0.5, 0.6) is 0 Å². The van der Waals surface area contributed by atoms with E-state index in [4.69, 9.17) is 5.73 Å². The number of rotatable bonds is 4. The van der Waals surface area contributed by atoms with Gasteiger partial charge < -0.3 is 5.73 Å². The zero-order valence-corrected chi connectivity index (χ0v) is 11.5. The summed E-state index contributed by atoms with van der Waals surface area (Å²) >= 11 is 3.22. The van der Waals surface area contributed by atoms with E-state index in [2.05, 4.69) is 26.2 Å². The Labute approximate surface area is 113 Å². The number of ketones is 1. The number of hydrogen-bond donors (Lipinski definition) is 1. The first kappa shape index (κ1) is 12.9. The van der Waals surface area contributed by atoms with Gasteiger partial charge in [-0.1, -0.05) is 29.5 Å². The third-order valence-electron chi connectivity index (χ3n) is 2.65. The summed E-state index contributed by atoms with van der Waals surface area (Å²) in [5.41, 5.74) is 7.66. The van der Waals surface area contributed by atoms with Crippen molar-refractivity contribution in [2.45, 2.75) is 6.42 Å². The van der Waals surface area contributed by atoms with Crippen molar-refractivity contribution in [3.05, 3.63) is 45.7 Å². The van der Waals surface area contributed by atoms with Gasteiger partial charge in [-0.3, -0.25) is 4.79 Å². The molecule has 0 fully saturated rings. The zero-order chi connectivity index (χ0) is 13.1. The first-order valence-corrected chi connectivity index (χ1v) is 6.31. The molecule has 1 heterocycles. The summed E-state index contributed by atoms with van der Waals surface area (Å²) in [6.07, 6.45) is 0.811. The van der Waals surface area contributed by atoms with E-state index in [0.29, 0.717) is 22.4 Å². The van der Waals surface area contributed by atoms with Crippen LogP contribution in [0.1, 0.15) is 21.6 Å². The number of nitrogens with zero attached hydrogens (tertiary/aromatic N) is 3. The zero-order valence-electron chi connectivity index (χ0n) is 9.93. The highest BCUT2D eigenvalue weighted by Gasteiger charge is 2.18. The molecule has 2 rings (SSSR count). The van der Waals surface area contributed by atoms with Crippen LogP contribution in [-0.2, 0) is 13.5 Å². The molecule has 18 heavy (non-hydrogen) atoms. The first-order chi connectivity index (χ1) is 8.63. The molecule has 0 saturated carbocycles. The molecule has 0 aliphatic carbocycles. The van der Waals surface area contributed by atoms with Gasteiger partial charge in [0.2, 0.25) is 5.78 Å². The minimum Gasteiger partial charge on any atom is -0.330 e. The van der Waals surface area contributed by atoms with Crippen molar-refractivity contribution in [3.8, 4) is 0 Å². The Bertz CT molecular complexity index is 542. The van der Waals surface area contributed by atoms with Crippen LogP contribution in [0.3, 0.4) is 0 Å². The van der Waals surface area contributed by atoms with Crippen LogP contribution < -0.4 is 5.73 Å². The smallest absolute Gasteiger partial charge is 0.213 e. The minimum atomic E-state index is -0.103. The van der Waals surface area contributed by atoms with Gasteiger partial charge in [0.25, 0.3) is 0 Å². The summed E-state index contributed by atoms with van der Waals surface area (Å²) in [5.74, 6) is -0.103. The van der Waals surface area contributed by atoms with Crippen LogP contribution in [0.25, 0.3) is 0 Å². The summed E-state index contributed by atoms with van der Waals surface area (Å²) in [6, 6.07) is 7.43. The highest BCUT2D eigenvalue weighted by atomic mass is 79.9. The molecule has 0 radical (unpaired) electrons. The fourth-order valence-corrected chi connectivity index (χ4v) is 2.21. The van der Waals surface area contributed by atoms with Crippen LogP contribution >= 0.6 is 15.9 Å². The van der Waals surface area contributed by atoms with Gasteiger partial charge in [-0.25, -0.2) is 4.68 Å². The second kappa shape index (κ2) is 5.41. The fraction of sp³-hybridized carbons (Fsp3) is 0.250. The van der Waals surface area contributed by atoms with E-state index in [0.717, 1.165) is 12.0 Å². The summed E-state index contributed by atoms with van der Waals surface area (Å²) in [7, 11) is 1.69. The highest BCUT2D eigenvalue weighted by molar-refractivity contribution is 9.10. The van der Waals surface area contributed by atoms with Gasteiger partial charge in [-0.15, -0.1) is 5.10 Å². The number of nitrogens with two attached hydrogens (primary N) is 1. The molecule has 0 aliphatic rings. The average Bonchev–Trinajstić information content (AvgIpc) is 2.70. The Balaban J connectivity index is 2.29. The van der Waals surface area contributed by atoms with Crippen molar-refractivity contribution < 1.29 is 4.79 Å². The molecule has 2 N–H and O–H groups in total. The molecule has 0 atom stereocenters.